The predicted molar refractivity (Wildman–Crippen MR) is 86.7 cm³/mol. The van der Waals surface area contributed by atoms with Crippen molar-refractivity contribution in [2.75, 3.05) is 20.2 Å². The summed E-state index contributed by atoms with van der Waals surface area (Å²) < 4.78 is 5.43. The largest absolute Gasteiger partial charge is 0.385 e. The van der Waals surface area contributed by atoms with Gasteiger partial charge in [0.05, 0.1) is 11.7 Å². The summed E-state index contributed by atoms with van der Waals surface area (Å²) in [5.41, 5.74) is -0.00337. The third-order valence-electron chi connectivity index (χ3n) is 5.41. The van der Waals surface area contributed by atoms with Crippen molar-refractivity contribution in [1.29, 1.82) is 0 Å². The van der Waals surface area contributed by atoms with Crippen LogP contribution in [0, 0.1) is 5.92 Å². The van der Waals surface area contributed by atoms with Crippen LogP contribution >= 0.6 is 0 Å². The second kappa shape index (κ2) is 6.97. The van der Waals surface area contributed by atoms with Gasteiger partial charge in [-0.2, -0.15) is 0 Å². The number of hydrogen-bond donors (Lipinski definition) is 1. The highest BCUT2D eigenvalue weighted by Crippen LogP contribution is 2.34. The van der Waals surface area contributed by atoms with Crippen LogP contribution < -0.4 is 0 Å². The maximum Gasteiger partial charge on any atom is 0.225 e. The summed E-state index contributed by atoms with van der Waals surface area (Å²) in [5, 5.41) is 10.8. The molecule has 0 spiro atoms. The lowest BCUT2D eigenvalue weighted by Gasteiger charge is -2.40. The Kier molecular flexibility index (Phi) is 4.97. The molecule has 1 saturated heterocycles. The van der Waals surface area contributed by atoms with Gasteiger partial charge in [-0.1, -0.05) is 12.5 Å². The summed E-state index contributed by atoms with van der Waals surface area (Å²) in [5.74, 6) is 0.318. The maximum absolute atomic E-state index is 12.7. The van der Waals surface area contributed by atoms with E-state index in [0.717, 1.165) is 31.2 Å². The van der Waals surface area contributed by atoms with Crippen LogP contribution in [0.25, 0.3) is 0 Å². The van der Waals surface area contributed by atoms with Crippen molar-refractivity contribution in [2.45, 2.75) is 50.2 Å². The van der Waals surface area contributed by atoms with E-state index >= 15 is 0 Å². The number of likely N-dealkylation sites (tertiary alicyclic amines) is 1. The number of hydrogen-bond acceptors (Lipinski definition) is 4. The molecule has 1 aliphatic heterocycles. The van der Waals surface area contributed by atoms with E-state index in [9.17, 15) is 9.90 Å². The molecular formula is C18H26N2O3. The van der Waals surface area contributed by atoms with Gasteiger partial charge in [0, 0.05) is 44.1 Å². The highest BCUT2D eigenvalue weighted by Gasteiger charge is 2.38. The average molecular weight is 318 g/mol. The highest BCUT2D eigenvalue weighted by molar-refractivity contribution is 5.79. The number of piperidine rings is 1. The van der Waals surface area contributed by atoms with Gasteiger partial charge in [-0.25, -0.2) is 0 Å². The summed E-state index contributed by atoms with van der Waals surface area (Å²) >= 11 is 0. The summed E-state index contributed by atoms with van der Waals surface area (Å²) in [4.78, 5) is 18.8. The molecule has 2 fully saturated rings. The molecule has 0 aromatic carbocycles. The number of ether oxygens (including phenoxy) is 1. The average Bonchev–Trinajstić information content (AvgIpc) is 2.62. The van der Waals surface area contributed by atoms with Crippen molar-refractivity contribution in [2.24, 2.45) is 5.92 Å². The van der Waals surface area contributed by atoms with Crippen LogP contribution in [0.1, 0.15) is 44.1 Å². The molecule has 2 heterocycles. The number of carbonyl (C=O) groups is 1. The van der Waals surface area contributed by atoms with Gasteiger partial charge in [-0.3, -0.25) is 9.78 Å². The Bertz CT molecular complexity index is 526. The quantitative estimate of drug-likeness (QED) is 0.927. The molecule has 2 atom stereocenters. The molecule has 5 nitrogen and oxygen atoms in total. The SMILES string of the molecule is CO[C@H]1CCC[C@H](C(=O)N2CCC(O)(c3cccnc3)CC2)C1. The summed E-state index contributed by atoms with van der Waals surface area (Å²) in [6, 6.07) is 3.76. The molecule has 126 valence electrons. The Morgan fingerprint density at radius 3 is 2.83 bits per heavy atom. The minimum atomic E-state index is -0.854. The van der Waals surface area contributed by atoms with Crippen molar-refractivity contribution in [1.82, 2.24) is 9.88 Å². The first-order valence-electron chi connectivity index (χ1n) is 8.57. The zero-order chi connectivity index (χ0) is 16.3. The van der Waals surface area contributed by atoms with Crippen LogP contribution in [-0.2, 0) is 15.1 Å². The van der Waals surface area contributed by atoms with E-state index < -0.39 is 5.60 Å². The Hall–Kier alpha value is -1.46. The van der Waals surface area contributed by atoms with Gasteiger partial charge >= 0.3 is 0 Å². The van der Waals surface area contributed by atoms with Gasteiger partial charge in [-0.15, -0.1) is 0 Å². The second-order valence-corrected chi connectivity index (χ2v) is 6.82. The fraction of sp³-hybridized carbons (Fsp3) is 0.667. The molecule has 2 aliphatic rings. The zero-order valence-electron chi connectivity index (χ0n) is 13.8. The maximum atomic E-state index is 12.7. The number of aromatic nitrogens is 1. The number of aliphatic hydroxyl groups is 1. The summed E-state index contributed by atoms with van der Waals surface area (Å²) in [7, 11) is 1.73. The highest BCUT2D eigenvalue weighted by atomic mass is 16.5. The number of nitrogens with zero attached hydrogens (tertiary/aromatic N) is 2. The summed E-state index contributed by atoms with van der Waals surface area (Å²) in [6.07, 6.45) is 8.71. The van der Waals surface area contributed by atoms with E-state index in [4.69, 9.17) is 4.74 Å². The monoisotopic (exact) mass is 318 g/mol. The first kappa shape index (κ1) is 16.4. The predicted octanol–water partition coefficient (Wildman–Crippen LogP) is 2.10. The minimum absolute atomic E-state index is 0.0817. The molecule has 23 heavy (non-hydrogen) atoms. The Labute approximate surface area is 137 Å². The van der Waals surface area contributed by atoms with Crippen molar-refractivity contribution < 1.29 is 14.6 Å². The van der Waals surface area contributed by atoms with E-state index in [1.54, 1.807) is 19.5 Å². The molecule has 0 radical (unpaired) electrons. The lowest BCUT2D eigenvalue weighted by atomic mass is 9.83. The second-order valence-electron chi connectivity index (χ2n) is 6.82. The Morgan fingerprint density at radius 2 is 2.17 bits per heavy atom. The minimum Gasteiger partial charge on any atom is -0.385 e. The lowest BCUT2D eigenvalue weighted by Crippen LogP contribution is -2.48. The van der Waals surface area contributed by atoms with Crippen LogP contribution in [0.15, 0.2) is 24.5 Å². The van der Waals surface area contributed by atoms with Gasteiger partial charge in [0.2, 0.25) is 5.91 Å². The first-order valence-corrected chi connectivity index (χ1v) is 8.57. The van der Waals surface area contributed by atoms with E-state index in [1.807, 2.05) is 17.0 Å². The topological polar surface area (TPSA) is 62.7 Å². The van der Waals surface area contributed by atoms with Crippen LogP contribution in [0.2, 0.25) is 0 Å². The van der Waals surface area contributed by atoms with Gasteiger partial charge in [0.15, 0.2) is 0 Å². The molecule has 1 aromatic rings. The third-order valence-corrected chi connectivity index (χ3v) is 5.41. The Morgan fingerprint density at radius 1 is 1.39 bits per heavy atom. The number of carbonyl (C=O) groups excluding carboxylic acids is 1. The van der Waals surface area contributed by atoms with E-state index in [2.05, 4.69) is 4.98 Å². The van der Waals surface area contributed by atoms with E-state index in [-0.39, 0.29) is 17.9 Å². The lowest BCUT2D eigenvalue weighted by molar-refractivity contribution is -0.142. The van der Waals surface area contributed by atoms with Gasteiger partial charge in [-0.05, 0) is 38.2 Å². The van der Waals surface area contributed by atoms with E-state index in [1.165, 1.54) is 0 Å². The van der Waals surface area contributed by atoms with Crippen LogP contribution in [0.4, 0.5) is 0 Å². The van der Waals surface area contributed by atoms with Crippen molar-refractivity contribution in [3.63, 3.8) is 0 Å². The number of amides is 1. The number of pyridine rings is 1. The molecule has 1 aliphatic carbocycles. The number of methoxy groups -OCH3 is 1. The van der Waals surface area contributed by atoms with Crippen LogP contribution in [0.5, 0.6) is 0 Å². The van der Waals surface area contributed by atoms with Crippen LogP contribution in [0.3, 0.4) is 0 Å². The molecule has 3 rings (SSSR count). The smallest absolute Gasteiger partial charge is 0.225 e. The normalized spacial score (nSPS) is 27.7. The Balaban J connectivity index is 1.59. The van der Waals surface area contributed by atoms with Crippen molar-refractivity contribution in [3.05, 3.63) is 30.1 Å². The fourth-order valence-electron chi connectivity index (χ4n) is 3.87. The van der Waals surface area contributed by atoms with Gasteiger partial charge < -0.3 is 14.7 Å². The molecule has 1 amide bonds. The van der Waals surface area contributed by atoms with Gasteiger partial charge in [0.1, 0.15) is 0 Å². The van der Waals surface area contributed by atoms with Crippen molar-refractivity contribution >= 4 is 5.91 Å². The first-order chi connectivity index (χ1) is 11.1. The zero-order valence-corrected chi connectivity index (χ0v) is 13.8. The van der Waals surface area contributed by atoms with E-state index in [0.29, 0.717) is 25.9 Å². The molecule has 0 unspecified atom stereocenters. The summed E-state index contributed by atoms with van der Waals surface area (Å²) in [6.45, 7) is 1.22. The molecule has 5 heteroatoms. The molecular weight excluding hydrogens is 292 g/mol. The molecule has 1 saturated carbocycles. The third kappa shape index (κ3) is 3.56. The van der Waals surface area contributed by atoms with Gasteiger partial charge in [0.25, 0.3) is 0 Å². The van der Waals surface area contributed by atoms with Crippen molar-refractivity contribution in [3.8, 4) is 0 Å². The molecule has 0 bridgehead atoms. The molecule has 1 N–H and O–H groups in total. The molecule has 1 aromatic heterocycles. The standard InChI is InChI=1S/C18H26N2O3/c1-23-16-6-2-4-14(12-16)17(21)20-10-7-18(22,8-11-20)15-5-3-9-19-13-15/h3,5,9,13-14,16,22H,2,4,6-8,10-12H2,1H3/t14-,16-/m0/s1. The van der Waals surface area contributed by atoms with Crippen LogP contribution in [-0.4, -0.2) is 47.2 Å². The fourth-order valence-corrected chi connectivity index (χ4v) is 3.87. The number of rotatable bonds is 3.